The number of carbonyl (C=O) groups is 2. The summed E-state index contributed by atoms with van der Waals surface area (Å²) in [5, 5.41) is 16.5. The van der Waals surface area contributed by atoms with Gasteiger partial charge in [-0.25, -0.2) is 9.59 Å². The largest absolute Gasteiger partial charge is 0.491 e. The topological polar surface area (TPSA) is 160 Å². The van der Waals surface area contributed by atoms with E-state index >= 15 is 0 Å². The van der Waals surface area contributed by atoms with E-state index in [0.29, 0.717) is 73.1 Å². The fraction of sp³-hybridized carbons (Fsp3) is 0.526. The third-order valence-corrected chi connectivity index (χ3v) is 7.69. The number of hydrogen-bond acceptors (Lipinski definition) is 12. The smallest absolute Gasteiger partial charge is 0.336 e. The lowest BCUT2D eigenvalue weighted by Gasteiger charge is -2.31. The van der Waals surface area contributed by atoms with Crippen LogP contribution in [0.4, 0.5) is 0 Å². The highest BCUT2D eigenvalue weighted by Crippen LogP contribution is 2.41. The molecule has 13 heteroatoms. The van der Waals surface area contributed by atoms with Crippen LogP contribution in [0.15, 0.2) is 71.1 Å². The molecule has 2 aromatic carbocycles. The molecule has 1 aliphatic rings. The van der Waals surface area contributed by atoms with Crippen LogP contribution in [0.1, 0.15) is 58.6 Å². The molecule has 0 saturated heterocycles. The summed E-state index contributed by atoms with van der Waals surface area (Å²) in [6, 6.07) is 15.1. The molecule has 0 radical (unpaired) electrons. The van der Waals surface area contributed by atoms with E-state index in [0.717, 1.165) is 11.3 Å². The first-order valence-electron chi connectivity index (χ1n) is 17.2. The second-order valence-corrected chi connectivity index (χ2v) is 12.6. The van der Waals surface area contributed by atoms with Crippen LogP contribution < -0.4 is 21.1 Å². The number of carbonyl (C=O) groups excluding carboxylic acids is 2. The van der Waals surface area contributed by atoms with E-state index in [1.807, 2.05) is 52.0 Å². The molecule has 1 aliphatic heterocycles. The number of ether oxygens (including phenoxy) is 6. The van der Waals surface area contributed by atoms with Crippen LogP contribution in [0.25, 0.3) is 0 Å². The molecule has 0 fully saturated rings. The number of methoxy groups -OCH3 is 1. The average Bonchev–Trinajstić information content (AvgIpc) is 3.10. The van der Waals surface area contributed by atoms with Gasteiger partial charge in [-0.2, -0.15) is 0 Å². The zero-order chi connectivity index (χ0) is 37.8. The van der Waals surface area contributed by atoms with Crippen molar-refractivity contribution in [3.05, 3.63) is 87.2 Å². The first kappa shape index (κ1) is 43.7. The van der Waals surface area contributed by atoms with Crippen LogP contribution in [0.3, 0.4) is 0 Å². The number of aliphatic hydroxyl groups is 1. The van der Waals surface area contributed by atoms with Crippen molar-refractivity contribution in [1.82, 2.24) is 10.6 Å². The van der Waals surface area contributed by atoms with Crippen LogP contribution in [0, 0.1) is 0 Å². The molecule has 284 valence electrons. The van der Waals surface area contributed by atoms with Crippen molar-refractivity contribution in [2.45, 2.75) is 72.3 Å². The Morgan fingerprint density at radius 1 is 0.961 bits per heavy atom. The third-order valence-electron chi connectivity index (χ3n) is 7.35. The first-order valence-corrected chi connectivity index (χ1v) is 17.6. The maximum atomic E-state index is 12.9. The number of dihydropyridines is 1. The number of nitrogens with two attached hydrogens (primary N) is 1. The monoisotopic (exact) mass is 733 g/mol. The number of halogens is 1. The number of benzene rings is 2. The van der Waals surface area contributed by atoms with Crippen molar-refractivity contribution in [3.8, 4) is 5.75 Å². The molecule has 0 spiro atoms. The molecular weight excluding hydrogens is 678 g/mol. The standard InChI is InChI=1S/C20H25ClN2O5.C18H31NO4/c1-4-28-20(25)18-15(11-27-10-9-22)23-12(2)16(19(24)26-3)17(18)13-7-5-6-8-14(13)21;1-14(2)19-11-17(20)13-23-18-7-5-16(6-8-18)12-21-9-10-22-15(3)4/h5-8,17,23H,4,9-11,22H2,1-3H3;5-8,14-15,17,19-20H,9-13H2,1-4H3/t17-;/m0./s1. The summed E-state index contributed by atoms with van der Waals surface area (Å²) >= 11 is 6.42. The van der Waals surface area contributed by atoms with Crippen molar-refractivity contribution in [2.75, 3.05) is 59.8 Å². The number of allylic oxidation sites excluding steroid dienone is 1. The van der Waals surface area contributed by atoms with Gasteiger partial charge in [0.1, 0.15) is 18.5 Å². The summed E-state index contributed by atoms with van der Waals surface area (Å²) in [7, 11) is 1.29. The second-order valence-electron chi connectivity index (χ2n) is 12.2. The zero-order valence-electron chi connectivity index (χ0n) is 31.0. The van der Waals surface area contributed by atoms with Gasteiger partial charge in [0.15, 0.2) is 0 Å². The van der Waals surface area contributed by atoms with Gasteiger partial charge < -0.3 is 49.9 Å². The Labute approximate surface area is 307 Å². The minimum Gasteiger partial charge on any atom is -0.491 e. The molecule has 5 N–H and O–H groups in total. The normalized spacial score (nSPS) is 14.9. The van der Waals surface area contributed by atoms with Crippen LogP contribution >= 0.6 is 11.6 Å². The Kier molecular flexibility index (Phi) is 20.5. The predicted octanol–water partition coefficient (Wildman–Crippen LogP) is 4.63. The Balaban J connectivity index is 0.000000361. The summed E-state index contributed by atoms with van der Waals surface area (Å²) in [4.78, 5) is 25.5. The minimum absolute atomic E-state index is 0.109. The van der Waals surface area contributed by atoms with Gasteiger partial charge in [0, 0.05) is 29.9 Å². The Hall–Kier alpha value is -3.49. The molecule has 3 rings (SSSR count). The predicted molar refractivity (Wildman–Crippen MR) is 197 cm³/mol. The molecule has 0 amide bonds. The lowest BCUT2D eigenvalue weighted by atomic mass is 9.80. The number of esters is 2. The summed E-state index contributed by atoms with van der Waals surface area (Å²) < 4.78 is 32.3. The van der Waals surface area contributed by atoms with Gasteiger partial charge >= 0.3 is 11.9 Å². The highest BCUT2D eigenvalue weighted by atomic mass is 35.5. The van der Waals surface area contributed by atoms with Crippen LogP contribution in [0.2, 0.25) is 5.02 Å². The molecule has 0 bridgehead atoms. The zero-order valence-corrected chi connectivity index (χ0v) is 31.7. The number of nitrogens with one attached hydrogen (secondary N) is 2. The maximum Gasteiger partial charge on any atom is 0.336 e. The minimum atomic E-state index is -0.752. The van der Waals surface area contributed by atoms with Gasteiger partial charge in [-0.15, -0.1) is 0 Å². The number of aliphatic hydroxyl groups excluding tert-OH is 1. The van der Waals surface area contributed by atoms with Crippen molar-refractivity contribution < 1.29 is 43.1 Å². The van der Waals surface area contributed by atoms with Crippen LogP contribution in [0.5, 0.6) is 5.75 Å². The molecule has 2 aromatic rings. The molecule has 0 aromatic heterocycles. The molecule has 0 saturated carbocycles. The van der Waals surface area contributed by atoms with E-state index in [-0.39, 0.29) is 31.5 Å². The van der Waals surface area contributed by atoms with E-state index in [4.69, 9.17) is 45.8 Å². The van der Waals surface area contributed by atoms with Crippen LogP contribution in [-0.2, 0) is 39.9 Å². The van der Waals surface area contributed by atoms with E-state index in [9.17, 15) is 14.7 Å². The van der Waals surface area contributed by atoms with Crippen molar-refractivity contribution in [2.24, 2.45) is 5.73 Å². The highest BCUT2D eigenvalue weighted by molar-refractivity contribution is 6.31. The quantitative estimate of drug-likeness (QED) is 0.111. The lowest BCUT2D eigenvalue weighted by Crippen LogP contribution is -2.35. The summed E-state index contributed by atoms with van der Waals surface area (Å²) in [6.45, 7) is 15.1. The average molecular weight is 734 g/mol. The summed E-state index contributed by atoms with van der Waals surface area (Å²) in [5.41, 5.74) is 8.79. The molecule has 12 nitrogen and oxygen atoms in total. The summed E-state index contributed by atoms with van der Waals surface area (Å²) in [5.74, 6) is -1.11. The fourth-order valence-corrected chi connectivity index (χ4v) is 5.20. The van der Waals surface area contributed by atoms with E-state index in [2.05, 4.69) is 10.6 Å². The number of hydrogen-bond donors (Lipinski definition) is 4. The van der Waals surface area contributed by atoms with Gasteiger partial charge in [0.05, 0.1) is 75.6 Å². The SMILES string of the molecule is CC(C)NCC(O)COc1ccc(COCCOC(C)C)cc1.CCOC(=O)C1=C(COCCN)NC(C)=C(C(=O)OC)[C@@H]1c1ccccc1Cl. The van der Waals surface area contributed by atoms with Gasteiger partial charge in [0.2, 0.25) is 0 Å². The fourth-order valence-electron chi connectivity index (χ4n) is 4.96. The van der Waals surface area contributed by atoms with Crippen molar-refractivity contribution in [1.29, 1.82) is 0 Å². The molecule has 2 atom stereocenters. The van der Waals surface area contributed by atoms with Gasteiger partial charge in [-0.1, -0.05) is 55.8 Å². The Morgan fingerprint density at radius 3 is 2.25 bits per heavy atom. The third kappa shape index (κ3) is 15.3. The molecule has 0 aliphatic carbocycles. The van der Waals surface area contributed by atoms with E-state index in [1.54, 1.807) is 38.1 Å². The molecular formula is C38H56ClN3O9. The molecule has 1 heterocycles. The van der Waals surface area contributed by atoms with E-state index < -0.39 is 24.0 Å². The van der Waals surface area contributed by atoms with E-state index in [1.165, 1.54) is 7.11 Å². The lowest BCUT2D eigenvalue weighted by molar-refractivity contribution is -0.139. The van der Waals surface area contributed by atoms with Gasteiger partial charge in [-0.05, 0) is 57.0 Å². The molecule has 51 heavy (non-hydrogen) atoms. The Morgan fingerprint density at radius 2 is 1.65 bits per heavy atom. The molecule has 1 unspecified atom stereocenters. The van der Waals surface area contributed by atoms with Crippen molar-refractivity contribution >= 4 is 23.5 Å². The van der Waals surface area contributed by atoms with Gasteiger partial charge in [0.25, 0.3) is 0 Å². The summed E-state index contributed by atoms with van der Waals surface area (Å²) in [6.07, 6.45) is -0.275. The second kappa shape index (κ2) is 23.9. The highest BCUT2D eigenvalue weighted by Gasteiger charge is 2.39. The Bertz CT molecular complexity index is 1410. The van der Waals surface area contributed by atoms with Gasteiger partial charge in [-0.3, -0.25) is 0 Å². The van der Waals surface area contributed by atoms with Crippen molar-refractivity contribution in [3.63, 3.8) is 0 Å². The van der Waals surface area contributed by atoms with Crippen LogP contribution in [-0.4, -0.2) is 95.1 Å². The maximum absolute atomic E-state index is 12.9. The number of rotatable bonds is 20. The first-order chi connectivity index (χ1) is 24.4.